The first kappa shape index (κ1) is 14.3. The standard InChI is InChI=1S/C13H26N2O2S/c1-12(2)10-18(16,17)15-9-8-14-11-13(15)6-4-3-5-7-13/h12,14H,3-11H2,1-2H3. The van der Waals surface area contributed by atoms with Gasteiger partial charge in [0.25, 0.3) is 0 Å². The van der Waals surface area contributed by atoms with Crippen LogP contribution in [-0.2, 0) is 10.0 Å². The maximum atomic E-state index is 12.6. The lowest BCUT2D eigenvalue weighted by molar-refractivity contribution is 0.101. The van der Waals surface area contributed by atoms with Gasteiger partial charge >= 0.3 is 0 Å². The Balaban J connectivity index is 2.22. The minimum Gasteiger partial charge on any atom is -0.314 e. The van der Waals surface area contributed by atoms with E-state index in [1.165, 1.54) is 6.42 Å². The predicted octanol–water partition coefficient (Wildman–Crippen LogP) is 1.58. The molecule has 0 atom stereocenters. The number of piperazine rings is 1. The van der Waals surface area contributed by atoms with Gasteiger partial charge in [-0.25, -0.2) is 8.42 Å². The second kappa shape index (κ2) is 5.47. The molecule has 0 amide bonds. The average Bonchev–Trinajstić information content (AvgIpc) is 2.28. The van der Waals surface area contributed by atoms with Crippen LogP contribution >= 0.6 is 0 Å². The molecule has 1 saturated carbocycles. The van der Waals surface area contributed by atoms with Gasteiger partial charge in [-0.2, -0.15) is 4.31 Å². The van der Waals surface area contributed by atoms with Gasteiger partial charge in [0.1, 0.15) is 0 Å². The summed E-state index contributed by atoms with van der Waals surface area (Å²) in [6, 6.07) is 0. The minimum absolute atomic E-state index is 0.121. The Labute approximate surface area is 111 Å². The summed E-state index contributed by atoms with van der Waals surface area (Å²) in [5, 5.41) is 3.39. The van der Waals surface area contributed by atoms with Gasteiger partial charge in [0.05, 0.1) is 5.75 Å². The van der Waals surface area contributed by atoms with Crippen LogP contribution in [0.4, 0.5) is 0 Å². The van der Waals surface area contributed by atoms with E-state index in [0.29, 0.717) is 6.54 Å². The topological polar surface area (TPSA) is 49.4 Å². The molecule has 1 aliphatic carbocycles. The molecular formula is C13H26N2O2S. The van der Waals surface area contributed by atoms with Gasteiger partial charge < -0.3 is 5.32 Å². The number of sulfonamides is 1. The largest absolute Gasteiger partial charge is 0.314 e. The molecule has 1 spiro atoms. The van der Waals surface area contributed by atoms with Crippen molar-refractivity contribution in [3.05, 3.63) is 0 Å². The van der Waals surface area contributed by atoms with Crippen LogP contribution in [0.1, 0.15) is 46.0 Å². The number of rotatable bonds is 3. The van der Waals surface area contributed by atoms with Gasteiger partial charge in [-0.15, -0.1) is 0 Å². The molecule has 0 aromatic heterocycles. The second-order valence-corrected chi connectivity index (χ2v) is 8.14. The molecule has 5 heteroatoms. The van der Waals surface area contributed by atoms with Gasteiger partial charge in [-0.05, 0) is 18.8 Å². The third-order valence-electron chi connectivity index (χ3n) is 4.14. The lowest BCUT2D eigenvalue weighted by atomic mass is 9.80. The maximum Gasteiger partial charge on any atom is 0.214 e. The van der Waals surface area contributed by atoms with Crippen LogP contribution in [0.3, 0.4) is 0 Å². The molecular weight excluding hydrogens is 248 g/mol. The Morgan fingerprint density at radius 2 is 1.89 bits per heavy atom. The molecule has 0 unspecified atom stereocenters. The molecule has 0 aromatic carbocycles. The van der Waals surface area contributed by atoms with Crippen molar-refractivity contribution in [2.75, 3.05) is 25.4 Å². The summed E-state index contributed by atoms with van der Waals surface area (Å²) in [4.78, 5) is 0. The van der Waals surface area contributed by atoms with Crippen molar-refractivity contribution in [3.8, 4) is 0 Å². The van der Waals surface area contributed by atoms with Crippen LogP contribution in [0.2, 0.25) is 0 Å². The van der Waals surface area contributed by atoms with Gasteiger partial charge in [0.2, 0.25) is 10.0 Å². The van der Waals surface area contributed by atoms with E-state index in [2.05, 4.69) is 5.32 Å². The smallest absolute Gasteiger partial charge is 0.214 e. The van der Waals surface area contributed by atoms with Crippen LogP contribution in [0.15, 0.2) is 0 Å². The van der Waals surface area contributed by atoms with Crippen molar-refractivity contribution >= 4 is 10.0 Å². The number of nitrogens with zero attached hydrogens (tertiary/aromatic N) is 1. The quantitative estimate of drug-likeness (QED) is 0.850. The molecule has 2 rings (SSSR count). The van der Waals surface area contributed by atoms with Crippen LogP contribution in [0, 0.1) is 5.92 Å². The minimum atomic E-state index is -3.10. The second-order valence-electron chi connectivity index (χ2n) is 6.21. The SMILES string of the molecule is CC(C)CS(=O)(=O)N1CCNCC12CCCCC2. The predicted molar refractivity (Wildman–Crippen MR) is 74.0 cm³/mol. The van der Waals surface area contributed by atoms with Crippen LogP contribution < -0.4 is 5.32 Å². The van der Waals surface area contributed by atoms with E-state index in [1.807, 2.05) is 18.2 Å². The zero-order valence-electron chi connectivity index (χ0n) is 11.6. The molecule has 2 aliphatic rings. The highest BCUT2D eigenvalue weighted by Crippen LogP contribution is 2.36. The van der Waals surface area contributed by atoms with E-state index in [0.717, 1.165) is 38.8 Å². The first-order valence-corrected chi connectivity index (χ1v) is 8.78. The summed E-state index contributed by atoms with van der Waals surface area (Å²) in [5.74, 6) is 0.486. The molecule has 0 bridgehead atoms. The van der Waals surface area contributed by atoms with Crippen molar-refractivity contribution < 1.29 is 8.42 Å². The van der Waals surface area contributed by atoms with E-state index < -0.39 is 10.0 Å². The Morgan fingerprint density at radius 1 is 1.22 bits per heavy atom. The van der Waals surface area contributed by atoms with E-state index in [4.69, 9.17) is 0 Å². The molecule has 0 radical (unpaired) electrons. The third kappa shape index (κ3) is 2.89. The summed E-state index contributed by atoms with van der Waals surface area (Å²) in [6.07, 6.45) is 5.62. The fraction of sp³-hybridized carbons (Fsp3) is 1.00. The number of hydrogen-bond donors (Lipinski definition) is 1. The zero-order valence-corrected chi connectivity index (χ0v) is 12.4. The molecule has 2 fully saturated rings. The Morgan fingerprint density at radius 3 is 2.50 bits per heavy atom. The van der Waals surface area contributed by atoms with E-state index >= 15 is 0 Å². The summed E-state index contributed by atoms with van der Waals surface area (Å²) >= 11 is 0. The lowest BCUT2D eigenvalue weighted by Gasteiger charge is -2.48. The fourth-order valence-electron chi connectivity index (χ4n) is 3.41. The van der Waals surface area contributed by atoms with E-state index in [9.17, 15) is 8.42 Å². The molecule has 1 N–H and O–H groups in total. The van der Waals surface area contributed by atoms with E-state index in [1.54, 1.807) is 0 Å². The fourth-order valence-corrected chi connectivity index (χ4v) is 5.64. The summed E-state index contributed by atoms with van der Waals surface area (Å²) in [7, 11) is -3.10. The van der Waals surface area contributed by atoms with E-state index in [-0.39, 0.29) is 17.2 Å². The van der Waals surface area contributed by atoms with Crippen molar-refractivity contribution in [2.24, 2.45) is 5.92 Å². The van der Waals surface area contributed by atoms with Gasteiger partial charge in [0.15, 0.2) is 0 Å². The Kier molecular flexibility index (Phi) is 4.34. The van der Waals surface area contributed by atoms with Crippen molar-refractivity contribution in [3.63, 3.8) is 0 Å². The molecule has 0 aromatic rings. The number of hydrogen-bond acceptors (Lipinski definition) is 3. The highest BCUT2D eigenvalue weighted by atomic mass is 32.2. The highest BCUT2D eigenvalue weighted by Gasteiger charge is 2.45. The van der Waals surface area contributed by atoms with Gasteiger partial charge in [-0.1, -0.05) is 33.1 Å². The van der Waals surface area contributed by atoms with Crippen molar-refractivity contribution in [1.82, 2.24) is 9.62 Å². The number of nitrogens with one attached hydrogen (secondary N) is 1. The zero-order chi connectivity index (χ0) is 13.2. The summed E-state index contributed by atoms with van der Waals surface area (Å²) in [5.41, 5.74) is -0.121. The van der Waals surface area contributed by atoms with Gasteiger partial charge in [-0.3, -0.25) is 0 Å². The van der Waals surface area contributed by atoms with Crippen LogP contribution in [0.5, 0.6) is 0 Å². The van der Waals surface area contributed by atoms with Crippen LogP contribution in [0.25, 0.3) is 0 Å². The first-order chi connectivity index (χ1) is 8.46. The Bertz CT molecular complexity index is 364. The average molecular weight is 274 g/mol. The maximum absolute atomic E-state index is 12.6. The lowest BCUT2D eigenvalue weighted by Crippen LogP contribution is -2.64. The molecule has 18 heavy (non-hydrogen) atoms. The first-order valence-electron chi connectivity index (χ1n) is 7.18. The highest BCUT2D eigenvalue weighted by molar-refractivity contribution is 7.89. The Hall–Kier alpha value is -0.130. The summed E-state index contributed by atoms with van der Waals surface area (Å²) < 4.78 is 27.0. The van der Waals surface area contributed by atoms with Crippen molar-refractivity contribution in [2.45, 2.75) is 51.5 Å². The molecule has 1 heterocycles. The van der Waals surface area contributed by atoms with Gasteiger partial charge in [0, 0.05) is 25.2 Å². The molecule has 1 saturated heterocycles. The monoisotopic (exact) mass is 274 g/mol. The third-order valence-corrected chi connectivity index (χ3v) is 6.47. The molecule has 1 aliphatic heterocycles. The molecule has 106 valence electrons. The van der Waals surface area contributed by atoms with Crippen molar-refractivity contribution in [1.29, 1.82) is 0 Å². The van der Waals surface area contributed by atoms with Crippen LogP contribution in [-0.4, -0.2) is 43.6 Å². The normalized spacial score (nSPS) is 25.7. The summed E-state index contributed by atoms with van der Waals surface area (Å²) in [6.45, 7) is 6.24. The molecule has 4 nitrogen and oxygen atoms in total.